The van der Waals surface area contributed by atoms with Crippen molar-refractivity contribution in [2.75, 3.05) is 26.4 Å². The number of carbonyl (C=O) groups is 1. The van der Waals surface area contributed by atoms with E-state index in [9.17, 15) is 4.79 Å². The molecule has 0 aromatic carbocycles. The van der Waals surface area contributed by atoms with Crippen LogP contribution in [0.2, 0.25) is 0 Å². The summed E-state index contributed by atoms with van der Waals surface area (Å²) in [6, 6.07) is 0. The lowest BCUT2D eigenvalue weighted by Crippen LogP contribution is -2.26. The first kappa shape index (κ1) is 12.3. The predicted octanol–water partition coefficient (Wildman–Crippen LogP) is -0.649. The fourth-order valence-corrected chi connectivity index (χ4v) is 0.637. The molecule has 13 heavy (non-hydrogen) atoms. The highest BCUT2D eigenvalue weighted by molar-refractivity contribution is 5.69. The average molecular weight is 192 g/mol. The van der Waals surface area contributed by atoms with Crippen LogP contribution in [0.4, 0.5) is 0 Å². The normalized spacial score (nSPS) is 10.0. The van der Waals surface area contributed by atoms with Gasteiger partial charge in [0, 0.05) is 6.61 Å². The standard InChI is InChI=1S/C7H16N2O4/c1-2-11-5-6-12-4-3-7(10)13-9-8/h9H,2-6,8H2,1H3. The Labute approximate surface area is 77.2 Å². The molecule has 6 nitrogen and oxygen atoms in total. The molecule has 0 saturated heterocycles. The van der Waals surface area contributed by atoms with Gasteiger partial charge in [-0.25, -0.2) is 5.84 Å². The van der Waals surface area contributed by atoms with Gasteiger partial charge in [-0.2, -0.15) is 0 Å². The molecule has 0 amide bonds. The zero-order chi connectivity index (χ0) is 9.94. The van der Waals surface area contributed by atoms with Crippen molar-refractivity contribution in [2.24, 2.45) is 5.84 Å². The topological polar surface area (TPSA) is 82.8 Å². The minimum atomic E-state index is -0.445. The summed E-state index contributed by atoms with van der Waals surface area (Å²) >= 11 is 0. The van der Waals surface area contributed by atoms with Crippen LogP contribution in [0.1, 0.15) is 13.3 Å². The quantitative estimate of drug-likeness (QED) is 0.302. The zero-order valence-corrected chi connectivity index (χ0v) is 7.75. The number of ether oxygens (including phenoxy) is 2. The molecule has 0 rings (SSSR count). The first-order valence-electron chi connectivity index (χ1n) is 4.12. The Bertz CT molecular complexity index is 132. The number of rotatable bonds is 8. The molecule has 0 radical (unpaired) electrons. The molecule has 0 fully saturated rings. The molecule has 0 saturated carbocycles. The molecule has 3 N–H and O–H groups in total. The maximum absolute atomic E-state index is 10.7. The summed E-state index contributed by atoms with van der Waals surface area (Å²) in [4.78, 5) is 14.9. The van der Waals surface area contributed by atoms with E-state index in [1.165, 1.54) is 0 Å². The van der Waals surface area contributed by atoms with Gasteiger partial charge in [0.1, 0.15) is 0 Å². The number of hydrazine groups is 1. The van der Waals surface area contributed by atoms with Gasteiger partial charge in [-0.3, -0.25) is 4.79 Å². The van der Waals surface area contributed by atoms with Crippen molar-refractivity contribution in [1.29, 1.82) is 0 Å². The maximum atomic E-state index is 10.7. The van der Waals surface area contributed by atoms with E-state index >= 15 is 0 Å². The van der Waals surface area contributed by atoms with Gasteiger partial charge in [0.15, 0.2) is 0 Å². The number of nitrogens with two attached hydrogens (primary N) is 1. The summed E-state index contributed by atoms with van der Waals surface area (Å²) < 4.78 is 10.1. The third kappa shape index (κ3) is 9.22. The van der Waals surface area contributed by atoms with E-state index in [1.807, 2.05) is 6.92 Å². The molecule has 0 heterocycles. The fourth-order valence-electron chi connectivity index (χ4n) is 0.637. The van der Waals surface area contributed by atoms with Crippen molar-refractivity contribution in [3.05, 3.63) is 0 Å². The molecule has 0 bridgehead atoms. The summed E-state index contributed by atoms with van der Waals surface area (Å²) in [6.45, 7) is 3.91. The molecule has 0 aliphatic carbocycles. The largest absolute Gasteiger partial charge is 0.379 e. The summed E-state index contributed by atoms with van der Waals surface area (Å²) in [5, 5.41) is 0. The third-order valence-corrected chi connectivity index (χ3v) is 1.20. The highest BCUT2D eigenvalue weighted by Crippen LogP contribution is 1.86. The van der Waals surface area contributed by atoms with Crippen molar-refractivity contribution in [3.8, 4) is 0 Å². The van der Waals surface area contributed by atoms with Crippen LogP contribution in [0, 0.1) is 0 Å². The van der Waals surface area contributed by atoms with Crippen molar-refractivity contribution in [1.82, 2.24) is 5.59 Å². The Balaban J connectivity index is 3.02. The Morgan fingerprint density at radius 3 is 2.62 bits per heavy atom. The van der Waals surface area contributed by atoms with Crippen LogP contribution >= 0.6 is 0 Å². The van der Waals surface area contributed by atoms with Crippen molar-refractivity contribution in [2.45, 2.75) is 13.3 Å². The van der Waals surface area contributed by atoms with Crippen LogP contribution in [-0.4, -0.2) is 32.4 Å². The Kier molecular flexibility index (Phi) is 8.90. The van der Waals surface area contributed by atoms with Gasteiger partial charge in [0.25, 0.3) is 0 Å². The Morgan fingerprint density at radius 2 is 2.00 bits per heavy atom. The molecule has 0 aliphatic heterocycles. The first-order chi connectivity index (χ1) is 6.31. The fraction of sp³-hybridized carbons (Fsp3) is 0.857. The predicted molar refractivity (Wildman–Crippen MR) is 45.3 cm³/mol. The molecule has 0 aliphatic rings. The molecule has 78 valence electrons. The molecule has 0 unspecified atom stereocenters. The van der Waals surface area contributed by atoms with Gasteiger partial charge >= 0.3 is 5.97 Å². The molecular formula is C7H16N2O4. The van der Waals surface area contributed by atoms with Gasteiger partial charge in [-0.1, -0.05) is 5.59 Å². The smallest absolute Gasteiger partial charge is 0.328 e. The Hall–Kier alpha value is -0.690. The van der Waals surface area contributed by atoms with Crippen LogP contribution in [-0.2, 0) is 19.1 Å². The monoisotopic (exact) mass is 192 g/mol. The van der Waals surface area contributed by atoms with E-state index in [0.29, 0.717) is 26.4 Å². The molecule has 0 aromatic heterocycles. The maximum Gasteiger partial charge on any atom is 0.328 e. The average Bonchev–Trinajstić information content (AvgIpc) is 2.11. The van der Waals surface area contributed by atoms with E-state index in [-0.39, 0.29) is 6.42 Å². The second-order valence-corrected chi connectivity index (χ2v) is 2.15. The van der Waals surface area contributed by atoms with Gasteiger partial charge in [0.05, 0.1) is 26.2 Å². The molecule has 0 spiro atoms. The van der Waals surface area contributed by atoms with Crippen molar-refractivity contribution >= 4 is 5.97 Å². The second kappa shape index (κ2) is 9.40. The number of hydrogen-bond donors (Lipinski definition) is 2. The van der Waals surface area contributed by atoms with Crippen molar-refractivity contribution in [3.63, 3.8) is 0 Å². The first-order valence-corrected chi connectivity index (χ1v) is 4.12. The van der Waals surface area contributed by atoms with Crippen LogP contribution in [0.25, 0.3) is 0 Å². The van der Waals surface area contributed by atoms with Gasteiger partial charge in [-0.15, -0.1) is 0 Å². The van der Waals surface area contributed by atoms with E-state index in [0.717, 1.165) is 0 Å². The summed E-state index contributed by atoms with van der Waals surface area (Å²) in [5.74, 6) is 4.30. The lowest BCUT2D eigenvalue weighted by Gasteiger charge is -2.03. The minimum Gasteiger partial charge on any atom is -0.379 e. The zero-order valence-electron chi connectivity index (χ0n) is 7.75. The summed E-state index contributed by atoms with van der Waals surface area (Å²) in [7, 11) is 0. The van der Waals surface area contributed by atoms with Crippen LogP contribution < -0.4 is 11.4 Å². The molecular weight excluding hydrogens is 176 g/mol. The van der Waals surface area contributed by atoms with E-state index in [2.05, 4.69) is 4.84 Å². The second-order valence-electron chi connectivity index (χ2n) is 2.15. The third-order valence-electron chi connectivity index (χ3n) is 1.20. The van der Waals surface area contributed by atoms with Crippen LogP contribution in [0.15, 0.2) is 0 Å². The highest BCUT2D eigenvalue weighted by Gasteiger charge is 2.00. The van der Waals surface area contributed by atoms with Crippen LogP contribution in [0.3, 0.4) is 0 Å². The number of nitrogens with one attached hydrogen (secondary N) is 1. The van der Waals surface area contributed by atoms with E-state index < -0.39 is 5.97 Å². The van der Waals surface area contributed by atoms with Crippen molar-refractivity contribution < 1.29 is 19.1 Å². The lowest BCUT2D eigenvalue weighted by atomic mass is 10.5. The molecule has 0 aromatic rings. The van der Waals surface area contributed by atoms with Crippen LogP contribution in [0.5, 0.6) is 0 Å². The highest BCUT2D eigenvalue weighted by atomic mass is 16.7. The molecule has 6 heteroatoms. The molecule has 0 atom stereocenters. The summed E-state index contributed by atoms with van der Waals surface area (Å²) in [6.07, 6.45) is 0.177. The SMILES string of the molecule is CCOCCOCCC(=O)ONN. The lowest BCUT2D eigenvalue weighted by molar-refractivity contribution is -0.152. The number of carbonyl (C=O) groups excluding carboxylic acids is 1. The van der Waals surface area contributed by atoms with Gasteiger partial charge in [-0.05, 0) is 6.92 Å². The van der Waals surface area contributed by atoms with Gasteiger partial charge in [0.2, 0.25) is 0 Å². The van der Waals surface area contributed by atoms with Gasteiger partial charge < -0.3 is 14.3 Å². The number of hydrogen-bond acceptors (Lipinski definition) is 6. The van der Waals surface area contributed by atoms with E-state index in [4.69, 9.17) is 15.3 Å². The minimum absolute atomic E-state index is 0.177. The summed E-state index contributed by atoms with van der Waals surface area (Å²) in [5.41, 5.74) is 1.80. The van der Waals surface area contributed by atoms with E-state index in [1.54, 1.807) is 5.59 Å². The Morgan fingerprint density at radius 1 is 1.31 bits per heavy atom.